The molecule has 1 saturated heterocycles. The Kier molecular flexibility index (Phi) is 5.41. The highest BCUT2D eigenvalue weighted by Crippen LogP contribution is 2.18. The largest absolute Gasteiger partial charge is 0.468 e. The Hall–Kier alpha value is -1.10. The molecule has 0 atom stereocenters. The van der Waals surface area contributed by atoms with Crippen molar-refractivity contribution in [3.63, 3.8) is 0 Å². The fourth-order valence-corrected chi connectivity index (χ4v) is 1.90. The van der Waals surface area contributed by atoms with Gasteiger partial charge in [-0.15, -0.1) is 0 Å². The number of ether oxygens (including phenoxy) is 2. The third-order valence-electron chi connectivity index (χ3n) is 3.00. The smallest absolute Gasteiger partial charge is 0.325 e. The second-order valence-electron chi connectivity index (χ2n) is 4.52. The second-order valence-corrected chi connectivity index (χ2v) is 4.52. The van der Waals surface area contributed by atoms with Crippen LogP contribution in [0, 0.1) is 5.92 Å². The molecule has 0 bridgehead atoms. The van der Waals surface area contributed by atoms with Gasteiger partial charge in [0.15, 0.2) is 0 Å². The summed E-state index contributed by atoms with van der Waals surface area (Å²) in [4.78, 5) is 25.1. The lowest BCUT2D eigenvalue weighted by molar-refractivity contribution is -0.151. The number of nitrogens with zero attached hydrogens (tertiary/aromatic N) is 1. The number of carbonyl (C=O) groups excluding carboxylic acids is 2. The van der Waals surface area contributed by atoms with Gasteiger partial charge in [0.2, 0.25) is 5.91 Å². The lowest BCUT2D eigenvalue weighted by Crippen LogP contribution is -2.45. The van der Waals surface area contributed by atoms with E-state index < -0.39 is 0 Å². The first-order chi connectivity index (χ1) is 8.06. The minimum Gasteiger partial charge on any atom is -0.468 e. The predicted octanol–water partition coefficient (Wildman–Crippen LogP) is 0.823. The van der Waals surface area contributed by atoms with Crippen molar-refractivity contribution < 1.29 is 19.1 Å². The first kappa shape index (κ1) is 14.0. The Bertz CT molecular complexity index is 272. The van der Waals surface area contributed by atoms with Gasteiger partial charge in [0, 0.05) is 25.2 Å². The van der Waals surface area contributed by atoms with E-state index in [0.717, 1.165) is 12.8 Å². The lowest BCUT2D eigenvalue weighted by atomic mass is 9.98. The lowest BCUT2D eigenvalue weighted by Gasteiger charge is -2.31. The average Bonchev–Trinajstić information content (AvgIpc) is 2.35. The van der Waals surface area contributed by atoms with Crippen LogP contribution < -0.4 is 0 Å². The first-order valence-electron chi connectivity index (χ1n) is 6.01. The highest BCUT2D eigenvalue weighted by Gasteiger charge is 2.29. The van der Waals surface area contributed by atoms with Crippen LogP contribution >= 0.6 is 0 Å². The summed E-state index contributed by atoms with van der Waals surface area (Å²) in [6.45, 7) is 5.09. The Labute approximate surface area is 102 Å². The van der Waals surface area contributed by atoms with Crippen molar-refractivity contribution in [3.05, 3.63) is 0 Å². The molecule has 98 valence electrons. The van der Waals surface area contributed by atoms with E-state index in [0.29, 0.717) is 13.2 Å². The number of amides is 1. The van der Waals surface area contributed by atoms with Crippen molar-refractivity contribution >= 4 is 11.9 Å². The summed E-state index contributed by atoms with van der Waals surface area (Å²) in [5.41, 5.74) is 0. The molecule has 0 aromatic carbocycles. The van der Waals surface area contributed by atoms with E-state index in [2.05, 4.69) is 4.74 Å². The molecule has 0 N–H and O–H groups in total. The second kappa shape index (κ2) is 6.59. The minimum absolute atomic E-state index is 0.00412. The van der Waals surface area contributed by atoms with Crippen LogP contribution in [0.15, 0.2) is 0 Å². The van der Waals surface area contributed by atoms with E-state index in [1.54, 1.807) is 4.90 Å². The van der Waals surface area contributed by atoms with Gasteiger partial charge in [-0.25, -0.2) is 0 Å². The molecule has 1 aliphatic heterocycles. The Morgan fingerprint density at radius 2 is 1.94 bits per heavy atom. The molecule has 0 aliphatic carbocycles. The maximum absolute atomic E-state index is 12.3. The van der Waals surface area contributed by atoms with Crippen LogP contribution in [0.4, 0.5) is 0 Å². The fraction of sp³-hybridized carbons (Fsp3) is 0.833. The molecule has 0 saturated carbocycles. The quantitative estimate of drug-likeness (QED) is 0.686. The number of carbonyl (C=O) groups is 2. The third-order valence-corrected chi connectivity index (χ3v) is 3.00. The molecule has 5 heteroatoms. The van der Waals surface area contributed by atoms with Gasteiger partial charge in [-0.1, -0.05) is 0 Å². The van der Waals surface area contributed by atoms with Crippen molar-refractivity contribution in [2.24, 2.45) is 5.92 Å². The summed E-state index contributed by atoms with van der Waals surface area (Å²) < 4.78 is 9.84. The number of hydrogen-bond acceptors (Lipinski definition) is 4. The van der Waals surface area contributed by atoms with E-state index in [1.807, 2.05) is 13.8 Å². The molecule has 0 aromatic heterocycles. The summed E-state index contributed by atoms with van der Waals surface area (Å²) in [6.07, 6.45) is 1.48. The summed E-state index contributed by atoms with van der Waals surface area (Å²) >= 11 is 0. The Balaban J connectivity index is 2.62. The van der Waals surface area contributed by atoms with Crippen molar-refractivity contribution in [2.75, 3.05) is 26.9 Å². The number of esters is 1. The van der Waals surface area contributed by atoms with Gasteiger partial charge in [-0.2, -0.15) is 0 Å². The van der Waals surface area contributed by atoms with Crippen LogP contribution in [0.25, 0.3) is 0 Å². The molecule has 1 heterocycles. The van der Waals surface area contributed by atoms with E-state index in [-0.39, 0.29) is 30.4 Å². The van der Waals surface area contributed by atoms with E-state index >= 15 is 0 Å². The zero-order valence-corrected chi connectivity index (χ0v) is 10.8. The molecule has 0 aromatic rings. The molecule has 1 amide bonds. The van der Waals surface area contributed by atoms with Crippen molar-refractivity contribution in [2.45, 2.75) is 32.7 Å². The highest BCUT2D eigenvalue weighted by atomic mass is 16.5. The summed E-state index contributed by atoms with van der Waals surface area (Å²) in [7, 11) is 1.33. The zero-order chi connectivity index (χ0) is 12.8. The van der Waals surface area contributed by atoms with Gasteiger partial charge >= 0.3 is 5.97 Å². The van der Waals surface area contributed by atoms with Crippen LogP contribution in [0.5, 0.6) is 0 Å². The van der Waals surface area contributed by atoms with Crippen LogP contribution in [-0.4, -0.2) is 49.7 Å². The monoisotopic (exact) mass is 243 g/mol. The zero-order valence-electron chi connectivity index (χ0n) is 10.8. The molecule has 17 heavy (non-hydrogen) atoms. The van der Waals surface area contributed by atoms with Gasteiger partial charge in [0.05, 0.1) is 7.11 Å². The van der Waals surface area contributed by atoms with E-state index in [9.17, 15) is 9.59 Å². The normalized spacial score (nSPS) is 16.9. The summed E-state index contributed by atoms with van der Waals surface area (Å²) in [5, 5.41) is 0. The molecule has 1 fully saturated rings. The molecule has 0 spiro atoms. The SMILES string of the molecule is COC(=O)CN(C(=O)C1CCOCC1)C(C)C. The topological polar surface area (TPSA) is 55.8 Å². The molecule has 1 aliphatic rings. The van der Waals surface area contributed by atoms with Gasteiger partial charge in [0.1, 0.15) is 6.54 Å². The number of hydrogen-bond donors (Lipinski definition) is 0. The van der Waals surface area contributed by atoms with Crippen LogP contribution in [-0.2, 0) is 19.1 Å². The average molecular weight is 243 g/mol. The summed E-state index contributed by atoms with van der Waals surface area (Å²) in [5.74, 6) is -0.358. The Morgan fingerprint density at radius 1 is 1.35 bits per heavy atom. The van der Waals surface area contributed by atoms with Gasteiger partial charge in [-0.05, 0) is 26.7 Å². The van der Waals surface area contributed by atoms with Crippen LogP contribution in [0.2, 0.25) is 0 Å². The van der Waals surface area contributed by atoms with Crippen LogP contribution in [0.3, 0.4) is 0 Å². The summed E-state index contributed by atoms with van der Waals surface area (Å²) in [6, 6.07) is 0.00412. The highest BCUT2D eigenvalue weighted by molar-refractivity contribution is 5.84. The maximum atomic E-state index is 12.3. The molecule has 1 rings (SSSR count). The molecular weight excluding hydrogens is 222 g/mol. The van der Waals surface area contributed by atoms with Crippen molar-refractivity contribution in [3.8, 4) is 0 Å². The van der Waals surface area contributed by atoms with E-state index in [4.69, 9.17) is 4.74 Å². The standard InChI is InChI=1S/C12H21NO4/c1-9(2)13(8-11(14)16-3)12(15)10-4-6-17-7-5-10/h9-10H,4-8H2,1-3H3. The molecule has 0 unspecified atom stereocenters. The molecular formula is C12H21NO4. The number of rotatable bonds is 4. The maximum Gasteiger partial charge on any atom is 0.325 e. The van der Waals surface area contributed by atoms with Gasteiger partial charge in [-0.3, -0.25) is 9.59 Å². The third kappa shape index (κ3) is 4.00. The Morgan fingerprint density at radius 3 is 2.41 bits per heavy atom. The van der Waals surface area contributed by atoms with E-state index in [1.165, 1.54) is 7.11 Å². The molecule has 0 radical (unpaired) electrons. The number of methoxy groups -OCH3 is 1. The first-order valence-corrected chi connectivity index (χ1v) is 6.01. The molecule has 5 nitrogen and oxygen atoms in total. The minimum atomic E-state index is -0.376. The van der Waals surface area contributed by atoms with Crippen molar-refractivity contribution in [1.29, 1.82) is 0 Å². The van der Waals surface area contributed by atoms with Gasteiger partial charge < -0.3 is 14.4 Å². The van der Waals surface area contributed by atoms with Crippen LogP contribution in [0.1, 0.15) is 26.7 Å². The van der Waals surface area contributed by atoms with Gasteiger partial charge in [0.25, 0.3) is 0 Å². The fourth-order valence-electron chi connectivity index (χ4n) is 1.90. The van der Waals surface area contributed by atoms with Crippen molar-refractivity contribution in [1.82, 2.24) is 4.90 Å². The predicted molar refractivity (Wildman–Crippen MR) is 62.4 cm³/mol.